The average Bonchev–Trinajstić information content (AvgIpc) is 2.89. The van der Waals surface area contributed by atoms with Crippen LogP contribution in [0.5, 0.6) is 5.75 Å². The summed E-state index contributed by atoms with van der Waals surface area (Å²) in [5.74, 6) is 0.437. The SMILES string of the molecule is CC(C)Oc1ccc(NC(=O)C2CCCN2S(C)(=O)=O)cc1. The van der Waals surface area contributed by atoms with Gasteiger partial charge in [0.05, 0.1) is 12.4 Å². The molecule has 2 rings (SSSR count). The number of benzene rings is 1. The molecule has 0 bridgehead atoms. The lowest BCUT2D eigenvalue weighted by Crippen LogP contribution is -2.42. The Balaban J connectivity index is 2.02. The van der Waals surface area contributed by atoms with Crippen LogP contribution in [0, 0.1) is 0 Å². The second-order valence-corrected chi connectivity index (χ2v) is 7.65. The monoisotopic (exact) mass is 326 g/mol. The van der Waals surface area contributed by atoms with E-state index in [2.05, 4.69) is 5.32 Å². The molecule has 1 heterocycles. The van der Waals surface area contributed by atoms with E-state index in [-0.39, 0.29) is 12.0 Å². The molecule has 1 aromatic rings. The van der Waals surface area contributed by atoms with E-state index >= 15 is 0 Å². The zero-order chi connectivity index (χ0) is 16.3. The summed E-state index contributed by atoms with van der Waals surface area (Å²) in [6, 6.07) is 6.42. The van der Waals surface area contributed by atoms with Gasteiger partial charge in [0.2, 0.25) is 15.9 Å². The Morgan fingerprint density at radius 2 is 1.95 bits per heavy atom. The molecule has 0 radical (unpaired) electrons. The van der Waals surface area contributed by atoms with Crippen molar-refractivity contribution in [1.82, 2.24) is 4.31 Å². The standard InChI is InChI=1S/C15H22N2O4S/c1-11(2)21-13-8-6-12(7-9-13)16-15(18)14-5-4-10-17(14)22(3,19)20/h6-9,11,14H,4-5,10H2,1-3H3,(H,16,18). The number of ether oxygens (including phenoxy) is 1. The number of hydrogen-bond acceptors (Lipinski definition) is 4. The third kappa shape index (κ3) is 4.20. The summed E-state index contributed by atoms with van der Waals surface area (Å²) in [5.41, 5.74) is 0.626. The minimum Gasteiger partial charge on any atom is -0.491 e. The van der Waals surface area contributed by atoms with Crippen LogP contribution < -0.4 is 10.1 Å². The van der Waals surface area contributed by atoms with Gasteiger partial charge in [-0.2, -0.15) is 4.31 Å². The van der Waals surface area contributed by atoms with E-state index in [0.717, 1.165) is 12.0 Å². The zero-order valence-corrected chi connectivity index (χ0v) is 13.9. The maximum atomic E-state index is 12.3. The van der Waals surface area contributed by atoms with Crippen molar-refractivity contribution >= 4 is 21.6 Å². The first kappa shape index (κ1) is 16.8. The van der Waals surface area contributed by atoms with E-state index in [9.17, 15) is 13.2 Å². The van der Waals surface area contributed by atoms with Gasteiger partial charge in [-0.1, -0.05) is 0 Å². The molecule has 1 aliphatic rings. The van der Waals surface area contributed by atoms with Crippen molar-refractivity contribution in [1.29, 1.82) is 0 Å². The number of amides is 1. The van der Waals surface area contributed by atoms with E-state index in [1.54, 1.807) is 24.3 Å². The molecule has 0 aliphatic carbocycles. The van der Waals surface area contributed by atoms with Crippen LogP contribution in [0.25, 0.3) is 0 Å². The lowest BCUT2D eigenvalue weighted by Gasteiger charge is -2.21. The largest absolute Gasteiger partial charge is 0.491 e. The van der Waals surface area contributed by atoms with Crippen molar-refractivity contribution in [3.63, 3.8) is 0 Å². The summed E-state index contributed by atoms with van der Waals surface area (Å²) in [6.07, 6.45) is 2.47. The smallest absolute Gasteiger partial charge is 0.242 e. The van der Waals surface area contributed by atoms with Gasteiger partial charge in [-0.05, 0) is 51.0 Å². The third-order valence-corrected chi connectivity index (χ3v) is 4.71. The first-order chi connectivity index (χ1) is 10.3. The minimum atomic E-state index is -3.36. The number of hydrogen-bond donors (Lipinski definition) is 1. The molecular formula is C15H22N2O4S. The van der Waals surface area contributed by atoms with Crippen molar-refractivity contribution in [2.45, 2.75) is 38.8 Å². The molecule has 22 heavy (non-hydrogen) atoms. The molecule has 1 saturated heterocycles. The number of rotatable bonds is 5. The number of carbonyl (C=O) groups is 1. The van der Waals surface area contributed by atoms with Gasteiger partial charge in [-0.3, -0.25) is 4.79 Å². The number of carbonyl (C=O) groups excluding carboxylic acids is 1. The predicted molar refractivity (Wildman–Crippen MR) is 85.4 cm³/mol. The quantitative estimate of drug-likeness (QED) is 0.896. The fourth-order valence-corrected chi connectivity index (χ4v) is 3.64. The van der Waals surface area contributed by atoms with E-state index in [1.807, 2.05) is 13.8 Å². The lowest BCUT2D eigenvalue weighted by atomic mass is 10.2. The van der Waals surface area contributed by atoms with Crippen molar-refractivity contribution in [3.05, 3.63) is 24.3 Å². The summed E-state index contributed by atoms with van der Waals surface area (Å²) >= 11 is 0. The van der Waals surface area contributed by atoms with Crippen molar-refractivity contribution in [2.24, 2.45) is 0 Å². The second-order valence-electron chi connectivity index (χ2n) is 5.71. The fraction of sp³-hybridized carbons (Fsp3) is 0.533. The van der Waals surface area contributed by atoms with Gasteiger partial charge in [0.15, 0.2) is 0 Å². The number of anilines is 1. The number of nitrogens with zero attached hydrogens (tertiary/aromatic N) is 1. The van der Waals surface area contributed by atoms with Crippen LogP contribution in [0.3, 0.4) is 0 Å². The molecule has 6 nitrogen and oxygen atoms in total. The first-order valence-corrected chi connectivity index (χ1v) is 9.16. The zero-order valence-electron chi connectivity index (χ0n) is 13.1. The van der Waals surface area contributed by atoms with Gasteiger partial charge >= 0.3 is 0 Å². The minimum absolute atomic E-state index is 0.0854. The second kappa shape index (κ2) is 6.66. The molecule has 1 aromatic carbocycles. The Morgan fingerprint density at radius 1 is 1.32 bits per heavy atom. The molecule has 122 valence electrons. The average molecular weight is 326 g/mol. The Labute approximate surface area is 131 Å². The lowest BCUT2D eigenvalue weighted by molar-refractivity contribution is -0.119. The summed E-state index contributed by atoms with van der Waals surface area (Å²) in [5, 5.41) is 2.77. The van der Waals surface area contributed by atoms with Gasteiger partial charge in [0.25, 0.3) is 0 Å². The predicted octanol–water partition coefficient (Wildman–Crippen LogP) is 1.84. The molecule has 0 spiro atoms. The summed E-state index contributed by atoms with van der Waals surface area (Å²) in [4.78, 5) is 12.3. The van der Waals surface area contributed by atoms with Gasteiger partial charge in [0.1, 0.15) is 11.8 Å². The van der Waals surface area contributed by atoms with Gasteiger partial charge in [0, 0.05) is 12.2 Å². The van der Waals surface area contributed by atoms with Crippen LogP contribution >= 0.6 is 0 Å². The van der Waals surface area contributed by atoms with Gasteiger partial charge < -0.3 is 10.1 Å². The topological polar surface area (TPSA) is 75.7 Å². The van der Waals surface area contributed by atoms with Crippen LogP contribution in [-0.2, 0) is 14.8 Å². The van der Waals surface area contributed by atoms with Crippen LogP contribution in [0.15, 0.2) is 24.3 Å². The summed E-state index contributed by atoms with van der Waals surface area (Å²) in [6.45, 7) is 4.28. The van der Waals surface area contributed by atoms with Crippen molar-refractivity contribution < 1.29 is 17.9 Å². The first-order valence-electron chi connectivity index (χ1n) is 7.32. The maximum absolute atomic E-state index is 12.3. The molecule has 1 atom stereocenters. The summed E-state index contributed by atoms with van der Waals surface area (Å²) in [7, 11) is -3.36. The molecule has 1 amide bonds. The van der Waals surface area contributed by atoms with Gasteiger partial charge in [-0.25, -0.2) is 8.42 Å². The van der Waals surface area contributed by atoms with Crippen LogP contribution in [0.2, 0.25) is 0 Å². The van der Waals surface area contributed by atoms with Crippen LogP contribution in [-0.4, -0.2) is 43.6 Å². The highest BCUT2D eigenvalue weighted by molar-refractivity contribution is 7.88. The van der Waals surface area contributed by atoms with Crippen LogP contribution in [0.1, 0.15) is 26.7 Å². The third-order valence-electron chi connectivity index (χ3n) is 3.43. The Bertz CT molecular complexity index is 625. The molecule has 0 saturated carbocycles. The van der Waals surface area contributed by atoms with E-state index < -0.39 is 16.1 Å². The normalized spacial score (nSPS) is 19.4. The van der Waals surface area contributed by atoms with E-state index in [1.165, 1.54) is 4.31 Å². The van der Waals surface area contributed by atoms with Crippen LogP contribution in [0.4, 0.5) is 5.69 Å². The molecule has 1 unspecified atom stereocenters. The molecule has 7 heteroatoms. The summed E-state index contributed by atoms with van der Waals surface area (Å²) < 4.78 is 30.2. The Hall–Kier alpha value is -1.60. The highest BCUT2D eigenvalue weighted by Gasteiger charge is 2.36. The maximum Gasteiger partial charge on any atom is 0.242 e. The van der Waals surface area contributed by atoms with Crippen molar-refractivity contribution in [3.8, 4) is 5.75 Å². The molecule has 1 N–H and O–H groups in total. The van der Waals surface area contributed by atoms with Crippen molar-refractivity contribution in [2.75, 3.05) is 18.1 Å². The molecule has 1 aliphatic heterocycles. The number of sulfonamides is 1. The Morgan fingerprint density at radius 3 is 2.50 bits per heavy atom. The Kier molecular flexibility index (Phi) is 5.08. The fourth-order valence-electron chi connectivity index (χ4n) is 2.51. The molecule has 0 aromatic heterocycles. The van der Waals surface area contributed by atoms with Gasteiger partial charge in [-0.15, -0.1) is 0 Å². The molecule has 1 fully saturated rings. The highest BCUT2D eigenvalue weighted by Crippen LogP contribution is 2.23. The number of nitrogens with one attached hydrogen (secondary N) is 1. The van der Waals surface area contributed by atoms with E-state index in [4.69, 9.17) is 4.74 Å². The molecular weight excluding hydrogens is 304 g/mol. The highest BCUT2D eigenvalue weighted by atomic mass is 32.2. The van der Waals surface area contributed by atoms with E-state index in [0.29, 0.717) is 25.1 Å².